The zero-order valence-corrected chi connectivity index (χ0v) is 22.3. The summed E-state index contributed by atoms with van der Waals surface area (Å²) >= 11 is 0. The third kappa shape index (κ3) is 6.55. The quantitative estimate of drug-likeness (QED) is 0.438. The molecule has 228 valence electrons. The van der Waals surface area contributed by atoms with E-state index in [1.54, 1.807) is 4.90 Å². The average molecular weight is 595 g/mol. The fraction of sp³-hybridized carbons (Fsp3) is 0.654. The zero-order chi connectivity index (χ0) is 30.3. The molecule has 15 heteroatoms. The average Bonchev–Trinajstić information content (AvgIpc) is 3.67. The van der Waals surface area contributed by atoms with Crippen LogP contribution in [0.1, 0.15) is 50.2 Å². The first-order valence-corrected chi connectivity index (χ1v) is 13.3. The maximum atomic E-state index is 13.3. The molecule has 3 N–H and O–H groups in total. The van der Waals surface area contributed by atoms with E-state index in [1.165, 1.54) is 11.8 Å². The Morgan fingerprint density at radius 2 is 1.71 bits per heavy atom. The van der Waals surface area contributed by atoms with Crippen molar-refractivity contribution in [1.82, 2.24) is 14.7 Å². The fourth-order valence-electron chi connectivity index (χ4n) is 5.61. The Bertz CT molecular complexity index is 1170. The Morgan fingerprint density at radius 1 is 1.05 bits per heavy atom. The normalized spacial score (nSPS) is 23.5. The first-order valence-electron chi connectivity index (χ1n) is 13.3. The Labute approximate surface area is 232 Å². The van der Waals surface area contributed by atoms with E-state index in [9.17, 15) is 50.9 Å². The van der Waals surface area contributed by atoms with Gasteiger partial charge in [-0.3, -0.25) is 9.59 Å². The molecule has 3 fully saturated rings. The number of rotatable bonds is 6. The second kappa shape index (κ2) is 11.3. The number of aliphatic hydroxyl groups is 2. The Hall–Kier alpha value is -3.07. The molecule has 9 nitrogen and oxygen atoms in total. The molecule has 1 aromatic rings. The van der Waals surface area contributed by atoms with Crippen molar-refractivity contribution in [2.24, 2.45) is 5.41 Å². The molecule has 2 aliphatic heterocycles. The summed E-state index contributed by atoms with van der Waals surface area (Å²) in [5.74, 6) is -0.767. The van der Waals surface area contributed by atoms with Crippen molar-refractivity contribution in [1.29, 1.82) is 0 Å². The topological polar surface area (TPSA) is 113 Å². The number of likely N-dealkylation sites (tertiary alicyclic amines) is 1. The van der Waals surface area contributed by atoms with Gasteiger partial charge in [-0.25, -0.2) is 4.79 Å². The van der Waals surface area contributed by atoms with Crippen LogP contribution >= 0.6 is 0 Å². The van der Waals surface area contributed by atoms with Crippen LogP contribution in [0.5, 0.6) is 0 Å². The molecule has 1 aliphatic carbocycles. The minimum Gasteiger partial charge on any atom is -0.394 e. The number of anilines is 1. The van der Waals surface area contributed by atoms with Crippen molar-refractivity contribution >= 4 is 23.5 Å². The maximum Gasteiger partial charge on any atom is 0.417 e. The van der Waals surface area contributed by atoms with E-state index in [4.69, 9.17) is 0 Å². The van der Waals surface area contributed by atoms with Crippen LogP contribution in [-0.2, 0) is 21.9 Å². The van der Waals surface area contributed by atoms with Crippen molar-refractivity contribution in [3.63, 3.8) is 0 Å². The van der Waals surface area contributed by atoms with Crippen molar-refractivity contribution in [3.05, 3.63) is 29.3 Å². The summed E-state index contributed by atoms with van der Waals surface area (Å²) in [6.45, 7) is 1.60. The number of carbonyl (C=O) groups excluding carboxylic acids is 3. The van der Waals surface area contributed by atoms with Crippen molar-refractivity contribution in [2.45, 2.75) is 69.6 Å². The standard InChI is InChI=1S/C26H32F6N4O5/c1-15-22(40)36(17(14-37)3-5-21(39)34-9-8-24(6-7-24)20(38)13-34)11-10-35(15)23(41)33-16-2-4-18(25(27,28)29)19(12-16)26(30,31)32/h2,4,12,15,17,20,37-38H,3,5-11,13-14H2,1H3,(H,33,41)/t15-,17-,20+/m0/s1. The summed E-state index contributed by atoms with van der Waals surface area (Å²) in [6, 6.07) is -1.69. The third-order valence-corrected chi connectivity index (χ3v) is 8.40. The van der Waals surface area contributed by atoms with E-state index in [2.05, 4.69) is 5.32 Å². The number of piperazine rings is 1. The molecular formula is C26H32F6N4O5. The lowest BCUT2D eigenvalue weighted by molar-refractivity contribution is -0.162. The maximum absolute atomic E-state index is 13.3. The van der Waals surface area contributed by atoms with Crippen LogP contribution in [0.2, 0.25) is 0 Å². The predicted molar refractivity (Wildman–Crippen MR) is 132 cm³/mol. The number of β-amino-alcohol motifs (C(OH)–C–C–N with tert-alkyl or cyclic N) is 1. The van der Waals surface area contributed by atoms with E-state index in [0.29, 0.717) is 12.6 Å². The van der Waals surface area contributed by atoms with Gasteiger partial charge in [-0.1, -0.05) is 0 Å². The van der Waals surface area contributed by atoms with Gasteiger partial charge in [0.05, 0.1) is 29.9 Å². The molecular weight excluding hydrogens is 562 g/mol. The molecule has 0 aromatic heterocycles. The first kappa shape index (κ1) is 30.9. The second-order valence-corrected chi connectivity index (χ2v) is 10.9. The van der Waals surface area contributed by atoms with Crippen LogP contribution < -0.4 is 5.32 Å². The minimum atomic E-state index is -5.33. The lowest BCUT2D eigenvalue weighted by Gasteiger charge is -2.42. The summed E-state index contributed by atoms with van der Waals surface area (Å²) in [4.78, 5) is 42.6. The Balaban J connectivity index is 1.35. The number of amides is 4. The molecule has 1 saturated carbocycles. The molecule has 4 rings (SSSR count). The lowest BCUT2D eigenvalue weighted by Crippen LogP contribution is -2.61. The summed E-state index contributed by atoms with van der Waals surface area (Å²) in [7, 11) is 0. The SMILES string of the molecule is C[C@H]1C(=O)N([C@H](CO)CCC(=O)N2CCC3(CC3)[C@H](O)C2)CCN1C(=O)Nc1ccc(C(F)(F)F)c(C(F)(F)F)c1. The first-order chi connectivity index (χ1) is 19.1. The van der Waals surface area contributed by atoms with E-state index >= 15 is 0 Å². The van der Waals surface area contributed by atoms with Gasteiger partial charge < -0.3 is 30.2 Å². The number of hydrogen-bond acceptors (Lipinski definition) is 5. The molecule has 1 aromatic carbocycles. The zero-order valence-electron chi connectivity index (χ0n) is 22.3. The monoisotopic (exact) mass is 594 g/mol. The highest BCUT2D eigenvalue weighted by atomic mass is 19.4. The summed E-state index contributed by atoms with van der Waals surface area (Å²) in [5.41, 5.74) is -4.44. The molecule has 0 radical (unpaired) electrons. The van der Waals surface area contributed by atoms with Crippen LogP contribution in [0, 0.1) is 5.41 Å². The highest BCUT2D eigenvalue weighted by molar-refractivity contribution is 5.94. The summed E-state index contributed by atoms with van der Waals surface area (Å²) in [6.07, 6.45) is -8.35. The minimum absolute atomic E-state index is 0.0305. The number of urea groups is 1. The number of benzene rings is 1. The van der Waals surface area contributed by atoms with Gasteiger partial charge in [-0.15, -0.1) is 0 Å². The summed E-state index contributed by atoms with van der Waals surface area (Å²) in [5, 5.41) is 22.4. The molecule has 41 heavy (non-hydrogen) atoms. The molecule has 2 saturated heterocycles. The Morgan fingerprint density at radius 3 is 2.27 bits per heavy atom. The number of aliphatic hydroxyl groups excluding tert-OH is 2. The molecule has 3 aliphatic rings. The van der Waals surface area contributed by atoms with Gasteiger partial charge in [-0.2, -0.15) is 26.3 Å². The number of carbonyl (C=O) groups is 3. The van der Waals surface area contributed by atoms with Gasteiger partial charge in [0.2, 0.25) is 11.8 Å². The van der Waals surface area contributed by atoms with E-state index in [0.717, 1.165) is 24.2 Å². The number of nitrogens with zero attached hydrogens (tertiary/aromatic N) is 3. The highest BCUT2D eigenvalue weighted by Gasteiger charge is 2.52. The van der Waals surface area contributed by atoms with Crippen molar-refractivity contribution < 1.29 is 50.9 Å². The number of halogens is 6. The van der Waals surface area contributed by atoms with Crippen molar-refractivity contribution in [3.8, 4) is 0 Å². The molecule has 1 spiro atoms. The highest BCUT2D eigenvalue weighted by Crippen LogP contribution is 2.53. The smallest absolute Gasteiger partial charge is 0.394 e. The molecule has 2 heterocycles. The second-order valence-electron chi connectivity index (χ2n) is 10.9. The molecule has 4 amide bonds. The van der Waals surface area contributed by atoms with Gasteiger partial charge in [0.15, 0.2) is 0 Å². The fourth-order valence-corrected chi connectivity index (χ4v) is 5.61. The van der Waals surface area contributed by atoms with Crippen molar-refractivity contribution in [2.75, 3.05) is 38.1 Å². The van der Waals surface area contributed by atoms with Crippen LogP contribution in [0.4, 0.5) is 36.8 Å². The predicted octanol–water partition coefficient (Wildman–Crippen LogP) is 3.30. The molecule has 0 unspecified atom stereocenters. The number of hydrogen-bond donors (Lipinski definition) is 3. The van der Waals surface area contributed by atoms with Gasteiger partial charge in [-0.05, 0) is 56.2 Å². The van der Waals surface area contributed by atoms with E-state index in [-0.39, 0.29) is 55.9 Å². The van der Waals surface area contributed by atoms with Gasteiger partial charge in [0, 0.05) is 38.3 Å². The Kier molecular flexibility index (Phi) is 8.52. The lowest BCUT2D eigenvalue weighted by atomic mass is 9.90. The third-order valence-electron chi connectivity index (χ3n) is 8.40. The van der Waals surface area contributed by atoms with Gasteiger partial charge in [0.25, 0.3) is 0 Å². The number of nitrogens with one attached hydrogen (secondary N) is 1. The number of piperidine rings is 1. The van der Waals surface area contributed by atoms with E-state index in [1.807, 2.05) is 0 Å². The summed E-state index contributed by atoms with van der Waals surface area (Å²) < 4.78 is 78.9. The largest absolute Gasteiger partial charge is 0.417 e. The van der Waals surface area contributed by atoms with Crippen LogP contribution in [0.15, 0.2) is 18.2 Å². The van der Waals surface area contributed by atoms with E-state index < -0.39 is 65.9 Å². The van der Waals surface area contributed by atoms with Crippen LogP contribution in [0.3, 0.4) is 0 Å². The van der Waals surface area contributed by atoms with Crippen LogP contribution in [-0.4, -0.2) is 93.7 Å². The number of alkyl halides is 6. The molecule has 0 bridgehead atoms. The van der Waals surface area contributed by atoms with Gasteiger partial charge >= 0.3 is 18.4 Å². The van der Waals surface area contributed by atoms with Gasteiger partial charge in [0.1, 0.15) is 6.04 Å². The molecule has 3 atom stereocenters. The van der Waals surface area contributed by atoms with Crippen LogP contribution in [0.25, 0.3) is 0 Å².